The standard InChI is InChI=1S/C28H28N4O5/c1-18(2)25(27(35)30-20-10-12-21(37-3)13-11-20)32(16-19-7-6-14-29-15-19)24(33)17-31-23-9-5-4-8-22(23)26(34)28(31)36/h4-15,18,25H,16-17H2,1-3H3,(H,30,35). The fraction of sp³-hybridized carbons (Fsp3) is 0.250. The molecule has 0 spiro atoms. The van der Waals surface area contributed by atoms with Gasteiger partial charge < -0.3 is 15.0 Å². The Balaban J connectivity index is 1.63. The highest BCUT2D eigenvalue weighted by Gasteiger charge is 2.39. The molecule has 37 heavy (non-hydrogen) atoms. The Labute approximate surface area is 215 Å². The van der Waals surface area contributed by atoms with Crippen LogP contribution in [-0.4, -0.2) is 53.1 Å². The summed E-state index contributed by atoms with van der Waals surface area (Å²) in [7, 11) is 1.56. The van der Waals surface area contributed by atoms with Crippen molar-refractivity contribution in [3.63, 3.8) is 0 Å². The van der Waals surface area contributed by atoms with Crippen LogP contribution in [0.3, 0.4) is 0 Å². The number of fused-ring (bicyclic) bond motifs is 1. The summed E-state index contributed by atoms with van der Waals surface area (Å²) < 4.78 is 5.17. The van der Waals surface area contributed by atoms with Crippen LogP contribution >= 0.6 is 0 Å². The molecule has 1 atom stereocenters. The van der Waals surface area contributed by atoms with Gasteiger partial charge in [-0.15, -0.1) is 0 Å². The third-order valence-electron chi connectivity index (χ3n) is 6.16. The maximum Gasteiger partial charge on any atom is 0.299 e. The minimum absolute atomic E-state index is 0.100. The van der Waals surface area contributed by atoms with Gasteiger partial charge in [-0.05, 0) is 53.9 Å². The van der Waals surface area contributed by atoms with Gasteiger partial charge in [-0.3, -0.25) is 29.1 Å². The number of carbonyl (C=O) groups is 4. The van der Waals surface area contributed by atoms with E-state index in [-0.39, 0.29) is 30.5 Å². The minimum atomic E-state index is -0.863. The molecule has 190 valence electrons. The van der Waals surface area contributed by atoms with Crippen molar-refractivity contribution >= 4 is 34.9 Å². The van der Waals surface area contributed by atoms with Crippen molar-refractivity contribution in [2.45, 2.75) is 26.4 Å². The van der Waals surface area contributed by atoms with Crippen molar-refractivity contribution in [1.82, 2.24) is 9.88 Å². The second-order valence-electron chi connectivity index (χ2n) is 9.03. The number of para-hydroxylation sites is 1. The molecule has 3 aromatic rings. The molecule has 1 aromatic heterocycles. The van der Waals surface area contributed by atoms with E-state index in [1.54, 1.807) is 74.1 Å². The van der Waals surface area contributed by atoms with Gasteiger partial charge in [0.2, 0.25) is 11.8 Å². The predicted molar refractivity (Wildman–Crippen MR) is 138 cm³/mol. The smallest absolute Gasteiger partial charge is 0.299 e. The quantitative estimate of drug-likeness (QED) is 0.452. The molecule has 2 heterocycles. The van der Waals surface area contributed by atoms with E-state index in [1.807, 2.05) is 19.9 Å². The van der Waals surface area contributed by atoms with E-state index in [4.69, 9.17) is 4.74 Å². The molecule has 2 aromatic carbocycles. The summed E-state index contributed by atoms with van der Waals surface area (Å²) in [6, 6.07) is 16.2. The molecule has 0 saturated heterocycles. The van der Waals surface area contributed by atoms with Crippen LogP contribution in [-0.2, 0) is 20.9 Å². The Morgan fingerprint density at radius 1 is 1.03 bits per heavy atom. The molecule has 0 bridgehead atoms. The van der Waals surface area contributed by atoms with Gasteiger partial charge in [-0.25, -0.2) is 0 Å². The number of Topliss-reactive ketones (excluding diaryl/α,β-unsaturated/α-hetero) is 1. The van der Waals surface area contributed by atoms with Crippen LogP contribution in [0, 0.1) is 5.92 Å². The molecular weight excluding hydrogens is 472 g/mol. The van der Waals surface area contributed by atoms with E-state index in [0.717, 1.165) is 5.56 Å². The van der Waals surface area contributed by atoms with E-state index in [2.05, 4.69) is 10.3 Å². The minimum Gasteiger partial charge on any atom is -0.497 e. The van der Waals surface area contributed by atoms with Crippen molar-refractivity contribution in [3.05, 3.63) is 84.2 Å². The average Bonchev–Trinajstić information content (AvgIpc) is 3.14. The highest BCUT2D eigenvalue weighted by Crippen LogP contribution is 2.29. The third kappa shape index (κ3) is 5.50. The van der Waals surface area contributed by atoms with Crippen molar-refractivity contribution in [2.24, 2.45) is 5.92 Å². The average molecular weight is 501 g/mol. The summed E-state index contributed by atoms with van der Waals surface area (Å²) in [6.07, 6.45) is 3.25. The highest BCUT2D eigenvalue weighted by molar-refractivity contribution is 6.52. The first-order valence-corrected chi connectivity index (χ1v) is 11.9. The molecule has 0 fully saturated rings. The maximum absolute atomic E-state index is 13.8. The SMILES string of the molecule is COc1ccc(NC(=O)C(C(C)C)N(Cc2cccnc2)C(=O)CN2C(=O)C(=O)c3ccccc32)cc1. The van der Waals surface area contributed by atoms with E-state index < -0.39 is 23.6 Å². The largest absolute Gasteiger partial charge is 0.497 e. The summed E-state index contributed by atoms with van der Waals surface area (Å²) in [5, 5.41) is 2.88. The number of methoxy groups -OCH3 is 1. The van der Waals surface area contributed by atoms with Gasteiger partial charge in [0.05, 0.1) is 18.4 Å². The number of nitrogens with zero attached hydrogens (tertiary/aromatic N) is 3. The molecule has 0 saturated carbocycles. The van der Waals surface area contributed by atoms with Gasteiger partial charge in [-0.1, -0.05) is 32.0 Å². The molecule has 9 heteroatoms. The number of benzene rings is 2. The Bertz CT molecular complexity index is 1310. The lowest BCUT2D eigenvalue weighted by Crippen LogP contribution is -2.53. The molecular formula is C28H28N4O5. The second-order valence-corrected chi connectivity index (χ2v) is 9.03. The summed E-state index contributed by atoms with van der Waals surface area (Å²) in [4.78, 5) is 59.2. The number of anilines is 2. The Hall–Kier alpha value is -4.53. The number of aromatic nitrogens is 1. The molecule has 0 radical (unpaired) electrons. The first-order chi connectivity index (χ1) is 17.8. The van der Waals surface area contributed by atoms with E-state index in [0.29, 0.717) is 17.1 Å². The number of hydrogen-bond acceptors (Lipinski definition) is 6. The van der Waals surface area contributed by atoms with Crippen LogP contribution in [0.2, 0.25) is 0 Å². The normalized spacial score (nSPS) is 13.4. The van der Waals surface area contributed by atoms with Gasteiger partial charge in [0.15, 0.2) is 0 Å². The van der Waals surface area contributed by atoms with Gasteiger partial charge in [0, 0.05) is 24.6 Å². The molecule has 4 rings (SSSR count). The van der Waals surface area contributed by atoms with Crippen LogP contribution in [0.1, 0.15) is 29.8 Å². The number of pyridine rings is 1. The number of nitrogens with one attached hydrogen (secondary N) is 1. The molecule has 1 aliphatic heterocycles. The van der Waals surface area contributed by atoms with Gasteiger partial charge in [0.1, 0.15) is 18.3 Å². The number of ether oxygens (including phenoxy) is 1. The van der Waals surface area contributed by atoms with E-state index in [9.17, 15) is 19.2 Å². The van der Waals surface area contributed by atoms with Crippen LogP contribution in [0.25, 0.3) is 0 Å². The number of ketones is 1. The maximum atomic E-state index is 13.8. The van der Waals surface area contributed by atoms with Crippen molar-refractivity contribution in [2.75, 3.05) is 23.9 Å². The molecule has 3 amide bonds. The first kappa shape index (κ1) is 25.6. The Kier molecular flexibility index (Phi) is 7.62. The van der Waals surface area contributed by atoms with Gasteiger partial charge in [-0.2, -0.15) is 0 Å². The van der Waals surface area contributed by atoms with Gasteiger partial charge >= 0.3 is 0 Å². The van der Waals surface area contributed by atoms with Crippen molar-refractivity contribution < 1.29 is 23.9 Å². The summed E-state index contributed by atoms with van der Waals surface area (Å²) in [5.74, 6) is -1.87. The first-order valence-electron chi connectivity index (χ1n) is 11.9. The lowest BCUT2D eigenvalue weighted by Gasteiger charge is -2.34. The van der Waals surface area contributed by atoms with Crippen LogP contribution in [0.4, 0.5) is 11.4 Å². The number of hydrogen-bond donors (Lipinski definition) is 1. The lowest BCUT2D eigenvalue weighted by molar-refractivity contribution is -0.140. The zero-order chi connectivity index (χ0) is 26.5. The monoisotopic (exact) mass is 500 g/mol. The number of rotatable bonds is 9. The molecule has 1 unspecified atom stereocenters. The second kappa shape index (κ2) is 11.0. The summed E-state index contributed by atoms with van der Waals surface area (Å²) >= 11 is 0. The van der Waals surface area contributed by atoms with Gasteiger partial charge in [0.25, 0.3) is 11.7 Å². The zero-order valence-corrected chi connectivity index (χ0v) is 20.9. The van der Waals surface area contributed by atoms with Crippen LogP contribution in [0.5, 0.6) is 5.75 Å². The van der Waals surface area contributed by atoms with Crippen molar-refractivity contribution in [3.8, 4) is 5.75 Å². The fourth-order valence-electron chi connectivity index (χ4n) is 4.36. The van der Waals surface area contributed by atoms with Crippen molar-refractivity contribution in [1.29, 1.82) is 0 Å². The van der Waals surface area contributed by atoms with E-state index in [1.165, 1.54) is 9.80 Å². The molecule has 1 aliphatic rings. The fourth-order valence-corrected chi connectivity index (χ4v) is 4.36. The molecule has 1 N–H and O–H groups in total. The Morgan fingerprint density at radius 3 is 2.41 bits per heavy atom. The van der Waals surface area contributed by atoms with Crippen LogP contribution < -0.4 is 15.0 Å². The number of amides is 3. The van der Waals surface area contributed by atoms with Crippen LogP contribution in [0.15, 0.2) is 73.1 Å². The highest BCUT2D eigenvalue weighted by atomic mass is 16.5. The lowest BCUT2D eigenvalue weighted by atomic mass is 10.00. The third-order valence-corrected chi connectivity index (χ3v) is 6.16. The van der Waals surface area contributed by atoms with E-state index >= 15 is 0 Å². The zero-order valence-electron chi connectivity index (χ0n) is 20.9. The molecule has 0 aliphatic carbocycles. The predicted octanol–water partition coefficient (Wildman–Crippen LogP) is 3.31. The number of carbonyl (C=O) groups excluding carboxylic acids is 4. The molecule has 9 nitrogen and oxygen atoms in total. The Morgan fingerprint density at radius 2 is 1.76 bits per heavy atom. The topological polar surface area (TPSA) is 109 Å². The summed E-state index contributed by atoms with van der Waals surface area (Å²) in [6.45, 7) is 3.42. The summed E-state index contributed by atoms with van der Waals surface area (Å²) in [5.41, 5.74) is 1.93.